The lowest BCUT2D eigenvalue weighted by atomic mass is 10.1. The van der Waals surface area contributed by atoms with E-state index in [2.05, 4.69) is 37.3 Å². The van der Waals surface area contributed by atoms with E-state index < -0.39 is 0 Å². The minimum Gasteiger partial charge on any atom is -0.0654 e. The van der Waals surface area contributed by atoms with Gasteiger partial charge in [-0.05, 0) is 12.8 Å². The van der Waals surface area contributed by atoms with Crippen molar-refractivity contribution in [3.63, 3.8) is 0 Å². The van der Waals surface area contributed by atoms with Crippen molar-refractivity contribution in [3.05, 3.63) is 30.3 Å². The van der Waals surface area contributed by atoms with Crippen molar-refractivity contribution in [3.8, 4) is 0 Å². The van der Waals surface area contributed by atoms with Crippen LogP contribution in [0.15, 0.2) is 30.3 Å². The van der Waals surface area contributed by atoms with Crippen molar-refractivity contribution >= 4 is 21.8 Å². The molecule has 0 N–H and O–H groups in total. The zero-order chi connectivity index (χ0) is 12.2. The zero-order valence-corrected chi connectivity index (χ0v) is 13.3. The maximum atomic E-state index is 2.29. The second kappa shape index (κ2) is 11.2. The van der Waals surface area contributed by atoms with Gasteiger partial charge in [-0.25, -0.2) is 0 Å². The van der Waals surface area contributed by atoms with E-state index in [4.69, 9.17) is 0 Å². The molecule has 17 heavy (non-hydrogen) atoms. The largest absolute Gasteiger partial charge is 0.0679 e. The molecule has 1 rings (SSSR count). The van der Waals surface area contributed by atoms with Crippen LogP contribution in [0.3, 0.4) is 0 Å². The Bertz CT molecular complexity index is 259. The summed E-state index contributed by atoms with van der Waals surface area (Å²) in [5.41, 5.74) is 0. The van der Waals surface area contributed by atoms with Gasteiger partial charge in [0, 0.05) is 13.6 Å². The summed E-state index contributed by atoms with van der Waals surface area (Å²) in [5, 5.41) is 1.56. The average Bonchev–Trinajstić information content (AvgIpc) is 2.38. The molecule has 0 radical (unpaired) electrons. The van der Waals surface area contributed by atoms with Gasteiger partial charge in [0.25, 0.3) is 0 Å². The molecule has 2 unspecified atom stereocenters. The number of benzene rings is 1. The lowest BCUT2D eigenvalue weighted by Gasteiger charge is -1.99. The fourth-order valence-corrected chi connectivity index (χ4v) is 5.52. The minimum atomic E-state index is 0.673. The monoisotopic (exact) mass is 269 g/mol. The van der Waals surface area contributed by atoms with Crippen molar-refractivity contribution in [1.82, 2.24) is 0 Å². The SMILES string of the molecule is CCCCCCCCC[PH2+]Pc1ccccc1. The molecule has 2 heteroatoms. The summed E-state index contributed by atoms with van der Waals surface area (Å²) in [4.78, 5) is 0. The first-order chi connectivity index (χ1) is 8.43. The third-order valence-corrected chi connectivity index (χ3v) is 7.04. The van der Waals surface area contributed by atoms with E-state index in [1.807, 2.05) is 0 Å². The van der Waals surface area contributed by atoms with Gasteiger partial charge in [0.1, 0.15) is 0 Å². The molecule has 0 saturated carbocycles. The molecule has 2 atom stereocenters. The van der Waals surface area contributed by atoms with E-state index in [0.29, 0.717) is 8.27 Å². The summed E-state index contributed by atoms with van der Waals surface area (Å²) >= 11 is 0. The highest BCUT2D eigenvalue weighted by Gasteiger charge is 1.98. The first-order valence-electron chi connectivity index (χ1n) is 7.06. The molecule has 0 saturated heterocycles. The predicted octanol–water partition coefficient (Wildman–Crippen LogP) is 5.07. The molecule has 96 valence electrons. The second-order valence-corrected chi connectivity index (χ2v) is 8.57. The molecular formula is C15H27P2+. The molecule has 0 aromatic heterocycles. The maximum absolute atomic E-state index is 2.29. The fourth-order valence-electron chi connectivity index (χ4n) is 1.93. The molecule has 0 spiro atoms. The first kappa shape index (κ1) is 15.1. The van der Waals surface area contributed by atoms with Crippen molar-refractivity contribution in [2.75, 3.05) is 6.16 Å². The smallest absolute Gasteiger partial charge is 0.0654 e. The van der Waals surface area contributed by atoms with E-state index >= 15 is 0 Å². The second-order valence-electron chi connectivity index (χ2n) is 4.62. The van der Waals surface area contributed by atoms with Crippen molar-refractivity contribution < 1.29 is 0 Å². The zero-order valence-electron chi connectivity index (χ0n) is 11.1. The van der Waals surface area contributed by atoms with Gasteiger partial charge < -0.3 is 0 Å². The molecule has 0 amide bonds. The summed E-state index contributed by atoms with van der Waals surface area (Å²) in [6.07, 6.45) is 11.6. The molecule has 0 aliphatic carbocycles. The maximum Gasteiger partial charge on any atom is 0.0679 e. The topological polar surface area (TPSA) is 0 Å². The van der Waals surface area contributed by atoms with Gasteiger partial charge in [0.05, 0.1) is 14.4 Å². The number of unbranched alkanes of at least 4 members (excludes halogenated alkanes) is 6. The molecule has 1 aromatic rings. The Balaban J connectivity index is 1.85. The molecule has 0 bridgehead atoms. The summed E-state index contributed by atoms with van der Waals surface area (Å²) in [6, 6.07) is 11.0. The molecule has 0 heterocycles. The van der Waals surface area contributed by atoms with E-state index in [1.54, 1.807) is 5.30 Å². The van der Waals surface area contributed by atoms with Gasteiger partial charge in [-0.1, -0.05) is 69.4 Å². The third kappa shape index (κ3) is 8.76. The normalized spacial score (nSPS) is 12.1. The Morgan fingerprint density at radius 2 is 1.53 bits per heavy atom. The Morgan fingerprint density at radius 3 is 2.24 bits per heavy atom. The van der Waals surface area contributed by atoms with Gasteiger partial charge in [-0.15, -0.1) is 0 Å². The quantitative estimate of drug-likeness (QED) is 0.411. The number of hydrogen-bond donors (Lipinski definition) is 0. The van der Waals surface area contributed by atoms with E-state index in [1.165, 1.54) is 51.1 Å². The number of hydrogen-bond acceptors (Lipinski definition) is 0. The Morgan fingerprint density at radius 1 is 0.882 bits per heavy atom. The van der Waals surface area contributed by atoms with Gasteiger partial charge in [-0.2, -0.15) is 0 Å². The van der Waals surface area contributed by atoms with Crippen LogP contribution in [0, 0.1) is 0 Å². The molecule has 0 nitrogen and oxygen atoms in total. The molecule has 0 fully saturated rings. The predicted molar refractivity (Wildman–Crippen MR) is 87.0 cm³/mol. The van der Waals surface area contributed by atoms with Crippen LogP contribution >= 0.6 is 16.5 Å². The van der Waals surface area contributed by atoms with Gasteiger partial charge in [0.2, 0.25) is 0 Å². The molecule has 0 aliphatic rings. The van der Waals surface area contributed by atoms with Crippen LogP contribution in [-0.4, -0.2) is 6.16 Å². The van der Waals surface area contributed by atoms with E-state index in [9.17, 15) is 0 Å². The van der Waals surface area contributed by atoms with E-state index in [-0.39, 0.29) is 0 Å². The minimum absolute atomic E-state index is 0.673. The highest BCUT2D eigenvalue weighted by molar-refractivity contribution is 8.15. The molecule has 0 aliphatic heterocycles. The highest BCUT2D eigenvalue weighted by Crippen LogP contribution is 2.36. The van der Waals surface area contributed by atoms with Crippen molar-refractivity contribution in [1.29, 1.82) is 0 Å². The van der Waals surface area contributed by atoms with Crippen molar-refractivity contribution in [2.24, 2.45) is 0 Å². The summed E-state index contributed by atoms with van der Waals surface area (Å²) < 4.78 is 0. The summed E-state index contributed by atoms with van der Waals surface area (Å²) in [6.45, 7) is 2.29. The number of rotatable bonds is 10. The summed E-state index contributed by atoms with van der Waals surface area (Å²) in [7, 11) is 1.77. The summed E-state index contributed by atoms with van der Waals surface area (Å²) in [5.74, 6) is 0. The van der Waals surface area contributed by atoms with Crippen LogP contribution in [0.5, 0.6) is 0 Å². The van der Waals surface area contributed by atoms with E-state index in [0.717, 1.165) is 8.27 Å². The Labute approximate surface area is 110 Å². The highest BCUT2D eigenvalue weighted by atomic mass is 32.0. The van der Waals surface area contributed by atoms with Crippen LogP contribution in [-0.2, 0) is 0 Å². The van der Waals surface area contributed by atoms with Crippen LogP contribution in [0.25, 0.3) is 0 Å². The lowest BCUT2D eigenvalue weighted by molar-refractivity contribution is 0.603. The van der Waals surface area contributed by atoms with Crippen LogP contribution in [0.4, 0.5) is 0 Å². The van der Waals surface area contributed by atoms with Crippen LogP contribution < -0.4 is 5.30 Å². The molecule has 1 aromatic carbocycles. The standard InChI is InChI=1S/C15H26P2/c1-2-3-4-5-6-7-11-14-16-17-15-12-9-8-10-13-15/h8-10,12-13,16-17H,2-7,11,14H2,1H3/p+1. The lowest BCUT2D eigenvalue weighted by Crippen LogP contribution is -1.88. The third-order valence-electron chi connectivity index (χ3n) is 2.99. The molecular weight excluding hydrogens is 242 g/mol. The van der Waals surface area contributed by atoms with Crippen LogP contribution in [0.2, 0.25) is 0 Å². The van der Waals surface area contributed by atoms with Crippen LogP contribution in [0.1, 0.15) is 51.9 Å². The van der Waals surface area contributed by atoms with Gasteiger partial charge in [-0.3, -0.25) is 0 Å². The van der Waals surface area contributed by atoms with Gasteiger partial charge in [0.15, 0.2) is 0 Å². The van der Waals surface area contributed by atoms with Crippen molar-refractivity contribution in [2.45, 2.75) is 51.9 Å². The average molecular weight is 269 g/mol. The Hall–Kier alpha value is 0.0800. The fraction of sp³-hybridized carbons (Fsp3) is 0.600. The Kier molecular flexibility index (Phi) is 9.96. The first-order valence-corrected chi connectivity index (χ1v) is 10.7. The van der Waals surface area contributed by atoms with Gasteiger partial charge >= 0.3 is 0 Å².